The molecule has 6 nitrogen and oxygen atoms in total. The van der Waals surface area contributed by atoms with Crippen LogP contribution >= 0.6 is 0 Å². The number of carbonyl (C=O) groups is 1. The van der Waals surface area contributed by atoms with Gasteiger partial charge in [-0.3, -0.25) is 9.59 Å². The second kappa shape index (κ2) is 6.27. The average molecular weight is 342 g/mol. The monoisotopic (exact) mass is 342 g/mol. The van der Waals surface area contributed by atoms with Crippen LogP contribution < -0.4 is 20.2 Å². The van der Waals surface area contributed by atoms with Crippen LogP contribution in [0.3, 0.4) is 0 Å². The fraction of sp³-hybridized carbons (Fsp3) is 0.368. The molecule has 0 unspecified atom stereocenters. The number of carbonyl (C=O) groups excluding carboxylic acids is 1. The molecule has 2 aromatic rings. The van der Waals surface area contributed by atoms with Gasteiger partial charge in [-0.15, -0.1) is 0 Å². The van der Waals surface area contributed by atoms with Gasteiger partial charge in [0, 0.05) is 24.2 Å². The molecule has 0 radical (unpaired) electrons. The van der Waals surface area contributed by atoms with Crippen LogP contribution in [0.1, 0.15) is 47.9 Å². The first kappa shape index (κ1) is 17.1. The molecule has 0 spiro atoms. The Balaban J connectivity index is 1.88. The summed E-state index contributed by atoms with van der Waals surface area (Å²) in [6.45, 7) is 5.99. The van der Waals surface area contributed by atoms with E-state index in [4.69, 9.17) is 9.47 Å². The first-order chi connectivity index (χ1) is 11.8. The van der Waals surface area contributed by atoms with E-state index in [0.717, 1.165) is 16.9 Å². The maximum Gasteiger partial charge on any atom is 0.268 e. The third-order valence-corrected chi connectivity index (χ3v) is 4.27. The van der Waals surface area contributed by atoms with E-state index in [1.165, 1.54) is 19.4 Å². The van der Waals surface area contributed by atoms with Gasteiger partial charge in [-0.1, -0.05) is 12.1 Å². The zero-order chi connectivity index (χ0) is 18.2. The van der Waals surface area contributed by atoms with Gasteiger partial charge in [0.1, 0.15) is 17.0 Å². The number of amides is 1. The number of aromatic nitrogens is 1. The number of fused-ring (bicyclic) bond motifs is 1. The van der Waals surface area contributed by atoms with Crippen LogP contribution in [0, 0.1) is 6.92 Å². The number of rotatable bonds is 3. The summed E-state index contributed by atoms with van der Waals surface area (Å²) in [4.78, 5) is 27.3. The highest BCUT2D eigenvalue weighted by Gasteiger charge is 2.34. The van der Waals surface area contributed by atoms with Gasteiger partial charge in [-0.05, 0) is 32.4 Å². The van der Waals surface area contributed by atoms with Gasteiger partial charge in [0.25, 0.3) is 5.91 Å². The van der Waals surface area contributed by atoms with Gasteiger partial charge >= 0.3 is 0 Å². The fourth-order valence-electron chi connectivity index (χ4n) is 3.07. The van der Waals surface area contributed by atoms with E-state index in [-0.39, 0.29) is 28.8 Å². The van der Waals surface area contributed by atoms with Crippen LogP contribution in [0.2, 0.25) is 0 Å². The van der Waals surface area contributed by atoms with E-state index in [1.807, 2.05) is 39.0 Å². The van der Waals surface area contributed by atoms with E-state index in [2.05, 4.69) is 10.3 Å². The SMILES string of the molecule is COc1c[nH]c(C(=O)N[C@H]2CC(C)(C)Oc3cc(C)ccc32)cc1=O. The van der Waals surface area contributed by atoms with Gasteiger partial charge in [-0.25, -0.2) is 0 Å². The average Bonchev–Trinajstić information content (AvgIpc) is 2.53. The summed E-state index contributed by atoms with van der Waals surface area (Å²) in [6, 6.07) is 6.99. The molecule has 6 heteroatoms. The zero-order valence-corrected chi connectivity index (χ0v) is 14.8. The number of ether oxygens (including phenoxy) is 2. The van der Waals surface area contributed by atoms with Gasteiger partial charge in [0.2, 0.25) is 5.43 Å². The van der Waals surface area contributed by atoms with Crippen LogP contribution in [0.25, 0.3) is 0 Å². The highest BCUT2D eigenvalue weighted by Crippen LogP contribution is 2.39. The Hall–Kier alpha value is -2.76. The Morgan fingerprint density at radius 2 is 2.12 bits per heavy atom. The molecule has 0 saturated carbocycles. The Kier molecular flexibility index (Phi) is 4.29. The Labute approximate surface area is 146 Å². The second-order valence-corrected chi connectivity index (χ2v) is 6.91. The van der Waals surface area contributed by atoms with Crippen LogP contribution in [0.15, 0.2) is 35.3 Å². The minimum Gasteiger partial charge on any atom is -0.491 e. The van der Waals surface area contributed by atoms with Crippen molar-refractivity contribution in [1.29, 1.82) is 0 Å². The predicted octanol–water partition coefficient (Wildman–Crippen LogP) is 2.72. The van der Waals surface area contributed by atoms with Gasteiger partial charge in [-0.2, -0.15) is 0 Å². The molecule has 0 aliphatic carbocycles. The summed E-state index contributed by atoms with van der Waals surface area (Å²) >= 11 is 0. The molecule has 1 aliphatic heterocycles. The van der Waals surface area contributed by atoms with Crippen LogP contribution in [-0.2, 0) is 0 Å². The lowest BCUT2D eigenvalue weighted by molar-refractivity contribution is 0.0617. The van der Waals surface area contributed by atoms with Crippen molar-refractivity contribution in [3.8, 4) is 11.5 Å². The van der Waals surface area contributed by atoms with E-state index >= 15 is 0 Å². The molecule has 1 aromatic heterocycles. The third-order valence-electron chi connectivity index (χ3n) is 4.27. The van der Waals surface area contributed by atoms with Crippen molar-refractivity contribution in [3.63, 3.8) is 0 Å². The van der Waals surface area contributed by atoms with E-state index in [0.29, 0.717) is 6.42 Å². The summed E-state index contributed by atoms with van der Waals surface area (Å²) in [5, 5.41) is 3.00. The maximum atomic E-state index is 12.6. The number of methoxy groups -OCH3 is 1. The van der Waals surface area contributed by atoms with Crippen molar-refractivity contribution >= 4 is 5.91 Å². The number of H-pyrrole nitrogens is 1. The van der Waals surface area contributed by atoms with Crippen molar-refractivity contribution in [2.24, 2.45) is 0 Å². The molecule has 0 fully saturated rings. The zero-order valence-electron chi connectivity index (χ0n) is 14.8. The van der Waals surface area contributed by atoms with Crippen molar-refractivity contribution in [2.45, 2.75) is 38.8 Å². The van der Waals surface area contributed by atoms with E-state index in [1.54, 1.807) is 0 Å². The fourth-order valence-corrected chi connectivity index (χ4v) is 3.07. The molecule has 1 amide bonds. The first-order valence-corrected chi connectivity index (χ1v) is 8.16. The maximum absolute atomic E-state index is 12.6. The van der Waals surface area contributed by atoms with Crippen molar-refractivity contribution < 1.29 is 14.3 Å². The molecule has 0 saturated heterocycles. The number of pyridine rings is 1. The number of nitrogens with one attached hydrogen (secondary N) is 2. The van der Waals surface area contributed by atoms with Crippen LogP contribution in [-0.4, -0.2) is 23.6 Å². The standard InChI is InChI=1S/C19H22N2O4/c1-11-5-6-12-14(9-19(2,3)25-16(12)7-11)21-18(23)13-8-15(22)17(24-4)10-20-13/h5-8,10,14H,9H2,1-4H3,(H,20,22)(H,21,23)/t14-/m0/s1. The van der Waals surface area contributed by atoms with E-state index < -0.39 is 5.60 Å². The topological polar surface area (TPSA) is 80.4 Å². The number of aromatic amines is 1. The van der Waals surface area contributed by atoms with Crippen molar-refractivity contribution in [2.75, 3.05) is 7.11 Å². The summed E-state index contributed by atoms with van der Waals surface area (Å²) in [7, 11) is 1.41. The van der Waals surface area contributed by atoms with Gasteiger partial charge in [0.15, 0.2) is 5.75 Å². The molecular formula is C19H22N2O4. The van der Waals surface area contributed by atoms with Gasteiger partial charge in [0.05, 0.1) is 13.2 Å². The number of benzene rings is 1. The smallest absolute Gasteiger partial charge is 0.268 e. The number of hydrogen-bond acceptors (Lipinski definition) is 4. The molecule has 132 valence electrons. The minimum absolute atomic E-state index is 0.171. The summed E-state index contributed by atoms with van der Waals surface area (Å²) in [5.74, 6) is 0.614. The van der Waals surface area contributed by atoms with Crippen molar-refractivity contribution in [3.05, 3.63) is 57.5 Å². The predicted molar refractivity (Wildman–Crippen MR) is 94.3 cm³/mol. The highest BCUT2D eigenvalue weighted by molar-refractivity contribution is 5.92. The minimum atomic E-state index is -0.397. The molecule has 2 N–H and O–H groups in total. The van der Waals surface area contributed by atoms with Crippen LogP contribution in [0.4, 0.5) is 0 Å². The molecular weight excluding hydrogens is 320 g/mol. The highest BCUT2D eigenvalue weighted by atomic mass is 16.5. The largest absolute Gasteiger partial charge is 0.491 e. The van der Waals surface area contributed by atoms with Crippen molar-refractivity contribution in [1.82, 2.24) is 10.3 Å². The second-order valence-electron chi connectivity index (χ2n) is 6.91. The lowest BCUT2D eigenvalue weighted by Gasteiger charge is -2.38. The molecule has 25 heavy (non-hydrogen) atoms. The van der Waals surface area contributed by atoms with Crippen LogP contribution in [0.5, 0.6) is 11.5 Å². The van der Waals surface area contributed by atoms with Gasteiger partial charge < -0.3 is 19.8 Å². The lowest BCUT2D eigenvalue weighted by atomic mass is 9.89. The Bertz CT molecular complexity index is 870. The molecule has 2 heterocycles. The molecule has 0 bridgehead atoms. The molecule has 3 rings (SSSR count). The molecule has 1 atom stereocenters. The summed E-state index contributed by atoms with van der Waals surface area (Å²) in [5.41, 5.74) is 1.50. The number of aryl methyl sites for hydroxylation is 1. The first-order valence-electron chi connectivity index (χ1n) is 8.16. The summed E-state index contributed by atoms with van der Waals surface area (Å²) in [6.07, 6.45) is 2.03. The lowest BCUT2D eigenvalue weighted by Crippen LogP contribution is -2.41. The third kappa shape index (κ3) is 3.52. The molecule has 1 aromatic carbocycles. The normalized spacial score (nSPS) is 18.0. The quantitative estimate of drug-likeness (QED) is 0.899. The molecule has 1 aliphatic rings. The van der Waals surface area contributed by atoms with E-state index in [9.17, 15) is 9.59 Å². The number of hydrogen-bond donors (Lipinski definition) is 2. The summed E-state index contributed by atoms with van der Waals surface area (Å²) < 4.78 is 11.0. The Morgan fingerprint density at radius 3 is 2.80 bits per heavy atom. The Morgan fingerprint density at radius 1 is 1.36 bits per heavy atom.